The largest absolute Gasteiger partial charge is 0.381 e. The molecule has 0 saturated carbocycles. The van der Waals surface area contributed by atoms with Crippen LogP contribution in [-0.4, -0.2) is 50.4 Å². The van der Waals surface area contributed by atoms with Gasteiger partial charge in [-0.15, -0.1) is 0 Å². The maximum Gasteiger partial charge on any atom is 0.254 e. The quantitative estimate of drug-likeness (QED) is 0.743. The van der Waals surface area contributed by atoms with Crippen LogP contribution in [0, 0.1) is 0 Å². The summed E-state index contributed by atoms with van der Waals surface area (Å²) < 4.78 is 23.9. The fourth-order valence-corrected chi connectivity index (χ4v) is 3.83. The topological polar surface area (TPSA) is 108 Å². The molecule has 29 heavy (non-hydrogen) atoms. The van der Waals surface area contributed by atoms with Crippen LogP contribution in [0.4, 0.5) is 11.4 Å². The van der Waals surface area contributed by atoms with Crippen LogP contribution in [0.25, 0.3) is 0 Å². The van der Waals surface area contributed by atoms with Crippen molar-refractivity contribution in [3.8, 4) is 0 Å². The molecule has 0 unspecified atom stereocenters. The number of benzene rings is 1. The lowest BCUT2D eigenvalue weighted by Gasteiger charge is -2.35. The van der Waals surface area contributed by atoms with E-state index in [1.165, 1.54) is 22.1 Å². The summed E-state index contributed by atoms with van der Waals surface area (Å²) in [6, 6.07) is 7.13. The van der Waals surface area contributed by atoms with Crippen LogP contribution in [-0.2, 0) is 14.6 Å². The molecule has 1 amide bonds. The highest BCUT2D eigenvalue weighted by Gasteiger charge is 2.35. The molecular formula is C20H25N5O3S. The lowest BCUT2D eigenvalue weighted by molar-refractivity contribution is -0.119. The van der Waals surface area contributed by atoms with Gasteiger partial charge in [0.15, 0.2) is 15.7 Å². The smallest absolute Gasteiger partial charge is 0.254 e. The number of hydrogen-bond donors (Lipinski definition) is 1. The first kappa shape index (κ1) is 22.1. The Morgan fingerprint density at radius 1 is 1.31 bits per heavy atom. The molecule has 2 aliphatic rings. The average molecular weight is 416 g/mol. The number of carbonyl (C=O) groups excluding carboxylic acids is 1. The number of fused-ring (bicyclic) bond motifs is 3. The molecule has 0 spiro atoms. The lowest BCUT2D eigenvalue weighted by atomic mass is 10.2. The zero-order valence-electron chi connectivity index (χ0n) is 16.8. The number of anilines is 1. The molecule has 9 heteroatoms. The van der Waals surface area contributed by atoms with Gasteiger partial charge in [-0.25, -0.2) is 13.4 Å². The summed E-state index contributed by atoms with van der Waals surface area (Å²) in [5.74, 6) is 0.0837. The van der Waals surface area contributed by atoms with E-state index < -0.39 is 9.84 Å². The van der Waals surface area contributed by atoms with E-state index in [0.29, 0.717) is 16.9 Å². The monoisotopic (exact) mass is 415 g/mol. The van der Waals surface area contributed by atoms with Gasteiger partial charge in [0.2, 0.25) is 5.84 Å². The molecular weight excluding hydrogens is 390 g/mol. The SMILES string of the molecule is C=C/C=C(\C(=C)CN1CC(=O)N2C(=N1)C(N)=Nc1ccccc12)S(C)(=O)=O.CC. The minimum atomic E-state index is -3.49. The van der Waals surface area contributed by atoms with Crippen molar-refractivity contribution in [2.45, 2.75) is 13.8 Å². The van der Waals surface area contributed by atoms with Crippen molar-refractivity contribution >= 4 is 38.8 Å². The molecule has 0 saturated heterocycles. The van der Waals surface area contributed by atoms with Crippen molar-refractivity contribution in [2.24, 2.45) is 15.8 Å². The molecule has 2 aliphatic heterocycles. The number of amides is 1. The van der Waals surface area contributed by atoms with Gasteiger partial charge in [-0.1, -0.05) is 45.2 Å². The van der Waals surface area contributed by atoms with Crippen molar-refractivity contribution < 1.29 is 13.2 Å². The van der Waals surface area contributed by atoms with Crippen molar-refractivity contribution in [2.75, 3.05) is 24.2 Å². The number of hydrazone groups is 1. The van der Waals surface area contributed by atoms with E-state index in [0.717, 1.165) is 6.26 Å². The second-order valence-corrected chi connectivity index (χ2v) is 8.09. The maximum absolute atomic E-state index is 12.7. The van der Waals surface area contributed by atoms with Crippen LogP contribution in [0.3, 0.4) is 0 Å². The minimum Gasteiger partial charge on any atom is -0.381 e. The van der Waals surface area contributed by atoms with Gasteiger partial charge in [0.1, 0.15) is 6.54 Å². The zero-order chi connectivity index (χ0) is 21.8. The molecule has 2 heterocycles. The van der Waals surface area contributed by atoms with E-state index in [2.05, 4.69) is 23.3 Å². The van der Waals surface area contributed by atoms with Crippen molar-refractivity contribution in [1.82, 2.24) is 5.01 Å². The number of nitrogens with zero attached hydrogens (tertiary/aromatic N) is 4. The van der Waals surface area contributed by atoms with Crippen LogP contribution in [0.15, 0.2) is 70.1 Å². The Labute approximate surface area is 171 Å². The number of para-hydroxylation sites is 2. The van der Waals surface area contributed by atoms with Gasteiger partial charge in [-0.2, -0.15) is 5.10 Å². The molecule has 2 N–H and O–H groups in total. The summed E-state index contributed by atoms with van der Waals surface area (Å²) in [6.07, 6.45) is 3.83. The fourth-order valence-electron chi connectivity index (χ4n) is 2.90. The summed E-state index contributed by atoms with van der Waals surface area (Å²) in [7, 11) is -3.49. The Hall–Kier alpha value is -3.20. The normalized spacial score (nSPS) is 16.0. The minimum absolute atomic E-state index is 0.0446. The Balaban J connectivity index is 0.00000145. The van der Waals surface area contributed by atoms with Gasteiger partial charge in [-0.05, 0) is 23.8 Å². The molecule has 1 aromatic rings. The van der Waals surface area contributed by atoms with E-state index in [9.17, 15) is 13.2 Å². The molecule has 3 rings (SSSR count). The molecule has 0 radical (unpaired) electrons. The molecule has 154 valence electrons. The van der Waals surface area contributed by atoms with Crippen LogP contribution < -0.4 is 10.6 Å². The zero-order valence-corrected chi connectivity index (χ0v) is 17.6. The highest BCUT2D eigenvalue weighted by Crippen LogP contribution is 2.33. The second-order valence-electron chi connectivity index (χ2n) is 6.10. The Bertz CT molecular complexity index is 1040. The highest BCUT2D eigenvalue weighted by atomic mass is 32.2. The molecule has 0 aliphatic carbocycles. The Morgan fingerprint density at radius 2 is 1.97 bits per heavy atom. The van der Waals surface area contributed by atoms with Gasteiger partial charge in [-0.3, -0.25) is 14.7 Å². The number of amidine groups is 2. The molecule has 0 bridgehead atoms. The fraction of sp³-hybridized carbons (Fsp3) is 0.250. The summed E-state index contributed by atoms with van der Waals surface area (Å²) in [5.41, 5.74) is 7.49. The molecule has 1 aromatic carbocycles. The third-order valence-electron chi connectivity index (χ3n) is 4.00. The van der Waals surface area contributed by atoms with Gasteiger partial charge < -0.3 is 5.73 Å². The van der Waals surface area contributed by atoms with Crippen LogP contribution in [0.2, 0.25) is 0 Å². The highest BCUT2D eigenvalue weighted by molar-refractivity contribution is 7.94. The number of carbonyl (C=O) groups is 1. The van der Waals surface area contributed by atoms with Crippen molar-refractivity contribution in [3.05, 3.63) is 60.1 Å². The standard InChI is InChI=1S/C18H19N5O3S.C2H6/c1-4-7-15(27(3,25)26)12(2)10-22-11-16(24)23-14-9-6-5-8-13(14)20-17(19)18(23)21-22;1-2/h4-9H,1-2,10-11H2,3H3,(H2,19,20);1-2H3/b15-7+;. The summed E-state index contributed by atoms with van der Waals surface area (Å²) in [6.45, 7) is 11.4. The number of rotatable bonds is 5. The lowest BCUT2D eigenvalue weighted by Crippen LogP contribution is -2.54. The van der Waals surface area contributed by atoms with E-state index >= 15 is 0 Å². The maximum atomic E-state index is 12.7. The van der Waals surface area contributed by atoms with Gasteiger partial charge in [0.25, 0.3) is 5.91 Å². The van der Waals surface area contributed by atoms with Gasteiger partial charge >= 0.3 is 0 Å². The van der Waals surface area contributed by atoms with Crippen molar-refractivity contribution in [3.63, 3.8) is 0 Å². The summed E-state index contributed by atoms with van der Waals surface area (Å²) in [4.78, 5) is 18.5. The predicted octanol–water partition coefficient (Wildman–Crippen LogP) is 2.35. The van der Waals surface area contributed by atoms with Crippen LogP contribution in [0.5, 0.6) is 0 Å². The average Bonchev–Trinajstić information content (AvgIpc) is 2.66. The molecule has 0 aromatic heterocycles. The van der Waals surface area contributed by atoms with E-state index in [4.69, 9.17) is 5.73 Å². The van der Waals surface area contributed by atoms with Crippen LogP contribution >= 0.6 is 0 Å². The first-order chi connectivity index (χ1) is 13.7. The van der Waals surface area contributed by atoms with E-state index in [1.807, 2.05) is 13.8 Å². The molecule has 0 fully saturated rings. The number of aliphatic imine (C=N–C) groups is 1. The third kappa shape index (κ3) is 4.62. The first-order valence-electron chi connectivity index (χ1n) is 9.03. The van der Waals surface area contributed by atoms with Gasteiger partial charge in [0, 0.05) is 6.26 Å². The summed E-state index contributed by atoms with van der Waals surface area (Å²) in [5, 5.41) is 5.81. The van der Waals surface area contributed by atoms with Crippen LogP contribution in [0.1, 0.15) is 13.8 Å². The van der Waals surface area contributed by atoms with E-state index in [1.54, 1.807) is 24.3 Å². The Morgan fingerprint density at radius 3 is 2.59 bits per heavy atom. The third-order valence-corrected chi connectivity index (χ3v) is 5.22. The Kier molecular flexibility index (Phi) is 6.76. The first-order valence-corrected chi connectivity index (χ1v) is 10.9. The predicted molar refractivity (Wildman–Crippen MR) is 118 cm³/mol. The van der Waals surface area contributed by atoms with E-state index in [-0.39, 0.29) is 35.6 Å². The van der Waals surface area contributed by atoms with Gasteiger partial charge in [0.05, 0.1) is 22.8 Å². The number of allylic oxidation sites excluding steroid dienone is 2. The number of sulfone groups is 1. The summed E-state index contributed by atoms with van der Waals surface area (Å²) >= 11 is 0. The van der Waals surface area contributed by atoms with Crippen molar-refractivity contribution in [1.29, 1.82) is 0 Å². The number of hydrogen-bond acceptors (Lipinski definition) is 7. The second kappa shape index (κ2) is 8.87. The molecule has 8 nitrogen and oxygen atoms in total. The molecule has 0 atom stereocenters. The number of nitrogens with two attached hydrogens (primary N) is 1.